The third-order valence-corrected chi connectivity index (χ3v) is 2.44. The lowest BCUT2D eigenvalue weighted by Crippen LogP contribution is -2.20. The molecule has 0 aromatic heterocycles. The fourth-order valence-electron chi connectivity index (χ4n) is 1.45. The second-order valence-corrected chi connectivity index (χ2v) is 3.63. The number of ether oxygens (including phenoxy) is 1. The number of hydrogen-bond donors (Lipinski definition) is 1. The molecule has 0 saturated carbocycles. The molecule has 82 valence electrons. The Bertz CT molecular complexity index is 377. The van der Waals surface area contributed by atoms with Crippen LogP contribution in [0.5, 0.6) is 5.75 Å². The van der Waals surface area contributed by atoms with E-state index in [1.54, 1.807) is 13.1 Å². The van der Waals surface area contributed by atoms with Crippen LogP contribution in [0.15, 0.2) is 12.1 Å². The number of benzene rings is 1. The highest BCUT2D eigenvalue weighted by Crippen LogP contribution is 2.31. The summed E-state index contributed by atoms with van der Waals surface area (Å²) in [5.41, 5.74) is 1.43. The highest BCUT2D eigenvalue weighted by molar-refractivity contribution is 6.32. The monoisotopic (exact) mass is 227 g/mol. The SMILES string of the molecule is CNCC(=O)c1c(C)ccc(Cl)c1OC. The maximum absolute atomic E-state index is 11.8. The van der Waals surface area contributed by atoms with Gasteiger partial charge in [0.1, 0.15) is 5.75 Å². The van der Waals surface area contributed by atoms with Gasteiger partial charge in [-0.2, -0.15) is 0 Å². The summed E-state index contributed by atoms with van der Waals surface area (Å²) in [6, 6.07) is 3.54. The Balaban J connectivity index is 3.24. The molecule has 0 radical (unpaired) electrons. The molecule has 0 heterocycles. The first-order valence-corrected chi connectivity index (χ1v) is 5.00. The average molecular weight is 228 g/mol. The first kappa shape index (κ1) is 12.0. The van der Waals surface area contributed by atoms with Crippen LogP contribution in [-0.4, -0.2) is 26.5 Å². The maximum atomic E-state index is 11.8. The molecule has 1 aromatic carbocycles. The Morgan fingerprint density at radius 1 is 1.53 bits per heavy atom. The molecule has 0 fully saturated rings. The molecular weight excluding hydrogens is 214 g/mol. The zero-order valence-corrected chi connectivity index (χ0v) is 9.81. The van der Waals surface area contributed by atoms with Gasteiger partial charge < -0.3 is 10.1 Å². The van der Waals surface area contributed by atoms with E-state index < -0.39 is 0 Å². The largest absolute Gasteiger partial charge is 0.494 e. The van der Waals surface area contributed by atoms with Crippen LogP contribution in [0.4, 0.5) is 0 Å². The number of rotatable bonds is 4. The van der Waals surface area contributed by atoms with Crippen LogP contribution in [0.1, 0.15) is 15.9 Å². The van der Waals surface area contributed by atoms with Gasteiger partial charge in [0.2, 0.25) is 0 Å². The number of nitrogens with one attached hydrogen (secondary N) is 1. The number of methoxy groups -OCH3 is 1. The van der Waals surface area contributed by atoms with Crippen molar-refractivity contribution >= 4 is 17.4 Å². The third kappa shape index (κ3) is 2.49. The molecule has 3 nitrogen and oxygen atoms in total. The quantitative estimate of drug-likeness (QED) is 0.801. The summed E-state index contributed by atoms with van der Waals surface area (Å²) in [6.45, 7) is 2.14. The summed E-state index contributed by atoms with van der Waals surface area (Å²) in [6.07, 6.45) is 0. The molecule has 0 atom stereocenters. The molecule has 1 aromatic rings. The van der Waals surface area contributed by atoms with E-state index in [4.69, 9.17) is 16.3 Å². The van der Waals surface area contributed by atoms with E-state index in [1.165, 1.54) is 7.11 Å². The highest BCUT2D eigenvalue weighted by Gasteiger charge is 2.16. The number of hydrogen-bond acceptors (Lipinski definition) is 3. The first-order chi connectivity index (χ1) is 7.11. The highest BCUT2D eigenvalue weighted by atomic mass is 35.5. The average Bonchev–Trinajstić information content (AvgIpc) is 2.21. The molecule has 1 rings (SSSR count). The standard InChI is InChI=1S/C11H14ClNO2/c1-7-4-5-8(12)11(15-3)10(7)9(14)6-13-2/h4-5,13H,6H2,1-3H3. The Kier molecular flexibility index (Phi) is 4.12. The van der Waals surface area contributed by atoms with Crippen LogP contribution in [0.3, 0.4) is 0 Å². The minimum absolute atomic E-state index is 0.0191. The third-order valence-electron chi connectivity index (χ3n) is 2.14. The van der Waals surface area contributed by atoms with E-state index in [0.29, 0.717) is 16.3 Å². The Hall–Kier alpha value is -1.06. The fourth-order valence-corrected chi connectivity index (χ4v) is 1.69. The van der Waals surface area contributed by atoms with Crippen molar-refractivity contribution in [3.8, 4) is 5.75 Å². The Morgan fingerprint density at radius 3 is 2.73 bits per heavy atom. The van der Waals surface area contributed by atoms with Crippen molar-refractivity contribution in [3.63, 3.8) is 0 Å². The van der Waals surface area contributed by atoms with E-state index in [9.17, 15) is 4.79 Å². The zero-order valence-electron chi connectivity index (χ0n) is 9.06. The molecule has 0 unspecified atom stereocenters. The van der Waals surface area contributed by atoms with Gasteiger partial charge in [-0.05, 0) is 25.6 Å². The number of aryl methyl sites for hydroxylation is 1. The van der Waals surface area contributed by atoms with Gasteiger partial charge >= 0.3 is 0 Å². The van der Waals surface area contributed by atoms with E-state index in [0.717, 1.165) is 5.56 Å². The van der Waals surface area contributed by atoms with Crippen LogP contribution >= 0.6 is 11.6 Å². The van der Waals surface area contributed by atoms with E-state index >= 15 is 0 Å². The molecule has 0 amide bonds. The minimum atomic E-state index is -0.0191. The molecule has 4 heteroatoms. The zero-order chi connectivity index (χ0) is 11.4. The molecule has 0 spiro atoms. The number of Topliss-reactive ketones (excluding diaryl/α,β-unsaturated/α-hetero) is 1. The van der Waals surface area contributed by atoms with Crippen molar-refractivity contribution in [3.05, 3.63) is 28.3 Å². The van der Waals surface area contributed by atoms with E-state index in [1.807, 2.05) is 13.0 Å². The van der Waals surface area contributed by atoms with Crippen LogP contribution in [0.2, 0.25) is 5.02 Å². The summed E-state index contributed by atoms with van der Waals surface area (Å²) in [5, 5.41) is 3.28. The summed E-state index contributed by atoms with van der Waals surface area (Å²) in [4.78, 5) is 11.8. The van der Waals surface area contributed by atoms with Crippen LogP contribution in [0.25, 0.3) is 0 Å². The van der Waals surface area contributed by atoms with Gasteiger partial charge in [0, 0.05) is 0 Å². The second-order valence-electron chi connectivity index (χ2n) is 3.23. The Morgan fingerprint density at radius 2 is 2.20 bits per heavy atom. The van der Waals surface area contributed by atoms with Crippen molar-refractivity contribution < 1.29 is 9.53 Å². The number of likely N-dealkylation sites (N-methyl/N-ethyl adjacent to an activating group) is 1. The van der Waals surface area contributed by atoms with Crippen molar-refractivity contribution in [2.24, 2.45) is 0 Å². The molecule has 15 heavy (non-hydrogen) atoms. The summed E-state index contributed by atoms with van der Waals surface area (Å²) in [5.74, 6) is 0.436. The van der Waals surface area contributed by atoms with E-state index in [2.05, 4.69) is 5.32 Å². The molecule has 1 N–H and O–H groups in total. The lowest BCUT2D eigenvalue weighted by Gasteiger charge is -2.11. The van der Waals surface area contributed by atoms with Gasteiger partial charge in [0.15, 0.2) is 5.78 Å². The second kappa shape index (κ2) is 5.14. The number of carbonyl (C=O) groups is 1. The molecule has 0 aliphatic heterocycles. The van der Waals surface area contributed by atoms with Gasteiger partial charge in [0.25, 0.3) is 0 Å². The van der Waals surface area contributed by atoms with Gasteiger partial charge in [-0.3, -0.25) is 4.79 Å². The van der Waals surface area contributed by atoms with Crippen molar-refractivity contribution in [1.29, 1.82) is 0 Å². The summed E-state index contributed by atoms with van der Waals surface area (Å²) < 4.78 is 5.14. The van der Waals surface area contributed by atoms with Crippen molar-refractivity contribution in [2.75, 3.05) is 20.7 Å². The van der Waals surface area contributed by atoms with Crippen molar-refractivity contribution in [2.45, 2.75) is 6.92 Å². The topological polar surface area (TPSA) is 38.3 Å². The number of halogens is 1. The molecule has 0 aliphatic carbocycles. The smallest absolute Gasteiger partial charge is 0.180 e. The molecular formula is C11H14ClNO2. The summed E-state index contributed by atoms with van der Waals surface area (Å²) >= 11 is 5.95. The lowest BCUT2D eigenvalue weighted by molar-refractivity contribution is 0.0990. The maximum Gasteiger partial charge on any atom is 0.180 e. The van der Waals surface area contributed by atoms with Crippen LogP contribution < -0.4 is 10.1 Å². The number of carbonyl (C=O) groups excluding carboxylic acids is 1. The van der Waals surface area contributed by atoms with Gasteiger partial charge in [-0.1, -0.05) is 17.7 Å². The first-order valence-electron chi connectivity index (χ1n) is 4.62. The van der Waals surface area contributed by atoms with Gasteiger partial charge in [-0.15, -0.1) is 0 Å². The van der Waals surface area contributed by atoms with Crippen LogP contribution in [0, 0.1) is 6.92 Å². The molecule has 0 bridgehead atoms. The van der Waals surface area contributed by atoms with Gasteiger partial charge in [-0.25, -0.2) is 0 Å². The normalized spacial score (nSPS) is 10.1. The predicted octanol–water partition coefficient (Wildman–Crippen LogP) is 2.06. The Labute approximate surface area is 94.4 Å². The molecule has 0 aliphatic rings. The summed E-state index contributed by atoms with van der Waals surface area (Å²) in [7, 11) is 3.24. The van der Waals surface area contributed by atoms with Gasteiger partial charge in [0.05, 0.1) is 24.2 Å². The van der Waals surface area contributed by atoms with Crippen LogP contribution in [-0.2, 0) is 0 Å². The predicted molar refractivity (Wildman–Crippen MR) is 61.0 cm³/mol. The number of ketones is 1. The fraction of sp³-hybridized carbons (Fsp3) is 0.364. The lowest BCUT2D eigenvalue weighted by atomic mass is 10.0. The molecule has 0 saturated heterocycles. The minimum Gasteiger partial charge on any atom is -0.494 e. The van der Waals surface area contributed by atoms with E-state index in [-0.39, 0.29) is 12.3 Å². The van der Waals surface area contributed by atoms with Crippen molar-refractivity contribution in [1.82, 2.24) is 5.32 Å².